The van der Waals surface area contributed by atoms with Crippen molar-refractivity contribution in [1.29, 1.82) is 0 Å². The predicted octanol–water partition coefficient (Wildman–Crippen LogP) is 2.83. The van der Waals surface area contributed by atoms with Crippen molar-refractivity contribution in [2.24, 2.45) is 11.7 Å². The lowest BCUT2D eigenvalue weighted by atomic mass is 10.0. The molecule has 3 N–H and O–H groups in total. The Labute approximate surface area is 117 Å². The van der Waals surface area contributed by atoms with Crippen LogP contribution in [0.1, 0.15) is 48.9 Å². The van der Waals surface area contributed by atoms with E-state index in [-0.39, 0.29) is 11.5 Å². The third-order valence-electron chi connectivity index (χ3n) is 3.77. The topological polar surface area (TPSA) is 72.2 Å². The SMILES string of the molecule is NC(=O)c1cc(NC(=O)CCC2CCCC2)ccc1F. The van der Waals surface area contributed by atoms with Crippen LogP contribution in [0.25, 0.3) is 0 Å². The Morgan fingerprint density at radius 2 is 2.00 bits per heavy atom. The van der Waals surface area contributed by atoms with Crippen LogP contribution in [0.3, 0.4) is 0 Å². The van der Waals surface area contributed by atoms with Gasteiger partial charge in [-0.25, -0.2) is 4.39 Å². The van der Waals surface area contributed by atoms with Gasteiger partial charge in [0.15, 0.2) is 0 Å². The van der Waals surface area contributed by atoms with Gasteiger partial charge >= 0.3 is 0 Å². The summed E-state index contributed by atoms with van der Waals surface area (Å²) in [6.45, 7) is 0. The lowest BCUT2D eigenvalue weighted by Gasteiger charge is -2.10. The van der Waals surface area contributed by atoms with Crippen LogP contribution in [0.15, 0.2) is 18.2 Å². The van der Waals surface area contributed by atoms with Crippen molar-refractivity contribution in [3.05, 3.63) is 29.6 Å². The summed E-state index contributed by atoms with van der Waals surface area (Å²) in [6, 6.07) is 3.83. The number of rotatable bonds is 5. The van der Waals surface area contributed by atoms with Crippen LogP contribution in [0.2, 0.25) is 0 Å². The zero-order valence-electron chi connectivity index (χ0n) is 11.3. The van der Waals surface area contributed by atoms with Crippen LogP contribution in [0.4, 0.5) is 10.1 Å². The summed E-state index contributed by atoms with van der Waals surface area (Å²) in [6.07, 6.45) is 6.26. The molecule has 108 valence electrons. The van der Waals surface area contributed by atoms with Crippen molar-refractivity contribution < 1.29 is 14.0 Å². The highest BCUT2D eigenvalue weighted by molar-refractivity contribution is 5.96. The number of hydrogen-bond donors (Lipinski definition) is 2. The van der Waals surface area contributed by atoms with Gasteiger partial charge in [0.05, 0.1) is 5.56 Å². The molecule has 0 unspecified atom stereocenters. The van der Waals surface area contributed by atoms with E-state index in [1.807, 2.05) is 0 Å². The molecule has 0 aliphatic heterocycles. The molecule has 0 aromatic heterocycles. The molecule has 5 heteroatoms. The summed E-state index contributed by atoms with van der Waals surface area (Å²) in [5, 5.41) is 2.67. The smallest absolute Gasteiger partial charge is 0.251 e. The minimum absolute atomic E-state index is 0.112. The average molecular weight is 278 g/mol. The van der Waals surface area contributed by atoms with Gasteiger partial charge < -0.3 is 11.1 Å². The monoisotopic (exact) mass is 278 g/mol. The molecule has 1 aliphatic carbocycles. The Kier molecular flexibility index (Phi) is 4.71. The number of nitrogens with two attached hydrogens (primary N) is 1. The van der Waals surface area contributed by atoms with Gasteiger partial charge in [0, 0.05) is 12.1 Å². The van der Waals surface area contributed by atoms with Crippen LogP contribution in [-0.2, 0) is 4.79 Å². The first kappa shape index (κ1) is 14.5. The van der Waals surface area contributed by atoms with Crippen LogP contribution >= 0.6 is 0 Å². The normalized spacial score (nSPS) is 15.2. The van der Waals surface area contributed by atoms with Crippen molar-refractivity contribution >= 4 is 17.5 Å². The molecule has 0 spiro atoms. The maximum atomic E-state index is 13.3. The van der Waals surface area contributed by atoms with Crippen LogP contribution in [0.5, 0.6) is 0 Å². The van der Waals surface area contributed by atoms with Crippen molar-refractivity contribution in [2.75, 3.05) is 5.32 Å². The van der Waals surface area contributed by atoms with Crippen molar-refractivity contribution in [2.45, 2.75) is 38.5 Å². The van der Waals surface area contributed by atoms with Crippen LogP contribution in [-0.4, -0.2) is 11.8 Å². The first-order chi connectivity index (χ1) is 9.56. The number of anilines is 1. The number of hydrogen-bond acceptors (Lipinski definition) is 2. The van der Waals surface area contributed by atoms with Gasteiger partial charge in [0.25, 0.3) is 5.91 Å². The maximum absolute atomic E-state index is 13.3. The number of amides is 2. The van der Waals surface area contributed by atoms with E-state index in [2.05, 4.69) is 5.32 Å². The second-order valence-corrected chi connectivity index (χ2v) is 5.30. The molecule has 4 nitrogen and oxygen atoms in total. The molecule has 1 fully saturated rings. The van der Waals surface area contributed by atoms with E-state index in [0.29, 0.717) is 18.0 Å². The molecular weight excluding hydrogens is 259 g/mol. The van der Waals surface area contributed by atoms with Crippen molar-refractivity contribution in [3.63, 3.8) is 0 Å². The molecule has 1 aromatic rings. The summed E-state index contributed by atoms with van der Waals surface area (Å²) in [5.41, 5.74) is 5.25. The van der Waals surface area contributed by atoms with Gasteiger partial charge in [-0.05, 0) is 30.5 Å². The molecule has 0 heterocycles. The molecule has 1 aromatic carbocycles. The summed E-state index contributed by atoms with van der Waals surface area (Å²) in [5.74, 6) is -0.986. The third kappa shape index (κ3) is 3.79. The fourth-order valence-corrected chi connectivity index (χ4v) is 2.65. The van der Waals surface area contributed by atoms with E-state index in [9.17, 15) is 14.0 Å². The largest absolute Gasteiger partial charge is 0.366 e. The van der Waals surface area contributed by atoms with Crippen LogP contribution < -0.4 is 11.1 Å². The molecule has 1 aliphatic rings. The number of nitrogens with one attached hydrogen (secondary N) is 1. The number of benzene rings is 1. The molecule has 1 saturated carbocycles. The lowest BCUT2D eigenvalue weighted by molar-refractivity contribution is -0.116. The highest BCUT2D eigenvalue weighted by Crippen LogP contribution is 2.28. The van der Waals surface area contributed by atoms with Gasteiger partial charge in [0.1, 0.15) is 5.82 Å². The zero-order valence-corrected chi connectivity index (χ0v) is 11.3. The van der Waals surface area contributed by atoms with Gasteiger partial charge in [-0.15, -0.1) is 0 Å². The van der Waals surface area contributed by atoms with E-state index < -0.39 is 11.7 Å². The lowest BCUT2D eigenvalue weighted by Crippen LogP contribution is -2.16. The van der Waals surface area contributed by atoms with E-state index in [1.165, 1.54) is 37.8 Å². The minimum Gasteiger partial charge on any atom is -0.366 e. The second kappa shape index (κ2) is 6.50. The van der Waals surface area contributed by atoms with Gasteiger partial charge in [-0.3, -0.25) is 9.59 Å². The van der Waals surface area contributed by atoms with Crippen molar-refractivity contribution in [1.82, 2.24) is 0 Å². The van der Waals surface area contributed by atoms with E-state index >= 15 is 0 Å². The summed E-state index contributed by atoms with van der Waals surface area (Å²) in [4.78, 5) is 22.8. The standard InChI is InChI=1S/C15H19FN2O2/c16-13-7-6-11(9-12(13)15(17)20)18-14(19)8-5-10-3-1-2-4-10/h6-7,9-10H,1-5,8H2,(H2,17,20)(H,18,19). The number of halogens is 1. The molecular formula is C15H19FN2O2. The predicted molar refractivity (Wildman–Crippen MR) is 74.7 cm³/mol. The Hall–Kier alpha value is -1.91. The van der Waals surface area contributed by atoms with Crippen LogP contribution in [0, 0.1) is 11.7 Å². The van der Waals surface area contributed by atoms with Crippen molar-refractivity contribution in [3.8, 4) is 0 Å². The molecule has 0 bridgehead atoms. The second-order valence-electron chi connectivity index (χ2n) is 5.30. The quantitative estimate of drug-likeness (QED) is 0.869. The Morgan fingerprint density at radius 3 is 2.65 bits per heavy atom. The van der Waals surface area contributed by atoms with E-state index in [0.717, 1.165) is 12.5 Å². The Morgan fingerprint density at radius 1 is 1.30 bits per heavy atom. The first-order valence-electron chi connectivity index (χ1n) is 6.95. The Bertz CT molecular complexity index is 511. The third-order valence-corrected chi connectivity index (χ3v) is 3.77. The summed E-state index contributed by atoms with van der Waals surface area (Å²) >= 11 is 0. The molecule has 0 radical (unpaired) electrons. The number of carbonyl (C=O) groups is 2. The zero-order chi connectivity index (χ0) is 14.5. The van der Waals surface area contributed by atoms with E-state index in [1.54, 1.807) is 0 Å². The van der Waals surface area contributed by atoms with Gasteiger partial charge in [0.2, 0.25) is 5.91 Å². The molecule has 2 rings (SSSR count). The van der Waals surface area contributed by atoms with Gasteiger partial charge in [-0.2, -0.15) is 0 Å². The molecule has 2 amide bonds. The molecule has 0 atom stereocenters. The highest BCUT2D eigenvalue weighted by Gasteiger charge is 2.16. The molecule has 0 saturated heterocycles. The summed E-state index contributed by atoms with van der Waals surface area (Å²) < 4.78 is 13.3. The highest BCUT2D eigenvalue weighted by atomic mass is 19.1. The Balaban J connectivity index is 1.90. The maximum Gasteiger partial charge on any atom is 0.251 e. The first-order valence-corrected chi connectivity index (χ1v) is 6.95. The number of primary amides is 1. The summed E-state index contributed by atoms with van der Waals surface area (Å²) in [7, 11) is 0. The van der Waals surface area contributed by atoms with Gasteiger partial charge in [-0.1, -0.05) is 25.7 Å². The number of carbonyl (C=O) groups excluding carboxylic acids is 2. The molecule has 20 heavy (non-hydrogen) atoms. The minimum atomic E-state index is -0.843. The van der Waals surface area contributed by atoms with E-state index in [4.69, 9.17) is 5.73 Å². The fraction of sp³-hybridized carbons (Fsp3) is 0.467. The fourth-order valence-electron chi connectivity index (χ4n) is 2.65. The average Bonchev–Trinajstić information content (AvgIpc) is 2.91.